The van der Waals surface area contributed by atoms with Gasteiger partial charge in [-0.25, -0.2) is 9.59 Å². The fraction of sp³-hybridized carbons (Fsp3) is 0.214. The highest BCUT2D eigenvalue weighted by atomic mass is 16.5. The molecule has 0 spiro atoms. The number of anilines is 1. The Morgan fingerprint density at radius 2 is 1.73 bits per heavy atom. The van der Waals surface area contributed by atoms with Crippen LogP contribution >= 0.6 is 0 Å². The molecule has 6 N–H and O–H groups in total. The maximum Gasteiger partial charge on any atom is 0.328 e. The molecule has 0 unspecified atom stereocenters. The molecule has 1 rings (SSSR count). The molecule has 0 saturated heterocycles. The van der Waals surface area contributed by atoms with E-state index in [0.29, 0.717) is 23.6 Å². The number of carbonyl (C=O) groups is 2. The Bertz CT molecular complexity index is 539. The highest BCUT2D eigenvalue weighted by Crippen LogP contribution is 2.24. The quantitative estimate of drug-likeness (QED) is 0.314. The number of aliphatic carboxylic acids is 2. The summed E-state index contributed by atoms with van der Waals surface area (Å²) >= 11 is 0. The van der Waals surface area contributed by atoms with Gasteiger partial charge in [0.05, 0.1) is 11.8 Å². The molecule has 1 aromatic rings. The summed E-state index contributed by atoms with van der Waals surface area (Å²) in [7, 11) is 0. The number of carboxylic acid groups (broad SMARTS) is 2. The second kappa shape index (κ2) is 9.81. The molecule has 0 saturated carbocycles. The number of hydrogen-bond acceptors (Lipinski definition) is 4. The standard InChI is InChI=1S/C10H15N3O.C4H4O4/c1-7(2)14-9-6-4-3-5-8(9)13-10(11)12;5-3(6)1-2-4(7)8/h3-7H,1-2H3,(H4,11,12,13);1-2H,(H,5,6)(H,7,8)/b;2-1-. The smallest absolute Gasteiger partial charge is 0.328 e. The molecule has 0 aliphatic carbocycles. The van der Waals surface area contributed by atoms with Crippen molar-refractivity contribution < 1.29 is 24.5 Å². The molecule has 120 valence electrons. The maximum absolute atomic E-state index is 9.55. The van der Waals surface area contributed by atoms with Crippen molar-refractivity contribution in [1.82, 2.24) is 0 Å². The van der Waals surface area contributed by atoms with E-state index in [1.807, 2.05) is 38.1 Å². The van der Waals surface area contributed by atoms with E-state index in [2.05, 4.69) is 5.32 Å². The highest BCUT2D eigenvalue weighted by Gasteiger charge is 2.04. The molecule has 0 aliphatic rings. The van der Waals surface area contributed by atoms with Crippen LogP contribution in [0.1, 0.15) is 13.8 Å². The Balaban J connectivity index is 0.000000472. The van der Waals surface area contributed by atoms with Crippen molar-refractivity contribution in [2.24, 2.45) is 5.73 Å². The van der Waals surface area contributed by atoms with Crippen molar-refractivity contribution in [3.05, 3.63) is 36.4 Å². The van der Waals surface area contributed by atoms with E-state index >= 15 is 0 Å². The number of carboxylic acids is 2. The first-order chi connectivity index (χ1) is 10.2. The third-order valence-corrected chi connectivity index (χ3v) is 1.89. The molecule has 0 amide bonds. The predicted molar refractivity (Wildman–Crippen MR) is 82.2 cm³/mol. The van der Waals surface area contributed by atoms with Crippen LogP contribution in [0.4, 0.5) is 5.69 Å². The fourth-order valence-corrected chi connectivity index (χ4v) is 1.21. The van der Waals surface area contributed by atoms with Crippen molar-refractivity contribution in [3.63, 3.8) is 0 Å². The van der Waals surface area contributed by atoms with Gasteiger partial charge in [-0.2, -0.15) is 0 Å². The van der Waals surface area contributed by atoms with Gasteiger partial charge in [0.1, 0.15) is 5.75 Å². The van der Waals surface area contributed by atoms with Gasteiger partial charge in [0, 0.05) is 12.2 Å². The van der Waals surface area contributed by atoms with Crippen molar-refractivity contribution in [1.29, 1.82) is 5.41 Å². The largest absolute Gasteiger partial charge is 0.489 e. The molecule has 0 aliphatic heterocycles. The fourth-order valence-electron chi connectivity index (χ4n) is 1.21. The Kier molecular flexibility index (Phi) is 8.46. The third-order valence-electron chi connectivity index (χ3n) is 1.89. The zero-order valence-corrected chi connectivity index (χ0v) is 12.2. The Hall–Kier alpha value is -3.03. The van der Waals surface area contributed by atoms with Gasteiger partial charge in [-0.3, -0.25) is 5.41 Å². The average Bonchev–Trinajstić information content (AvgIpc) is 2.38. The molecule has 0 bridgehead atoms. The van der Waals surface area contributed by atoms with Gasteiger partial charge < -0.3 is 26.0 Å². The van der Waals surface area contributed by atoms with E-state index in [-0.39, 0.29) is 12.1 Å². The SMILES string of the molecule is CC(C)Oc1ccccc1NC(=N)N.O=C(O)/C=C\C(=O)O. The van der Waals surface area contributed by atoms with Crippen LogP contribution in [0.25, 0.3) is 0 Å². The molecule has 8 nitrogen and oxygen atoms in total. The van der Waals surface area contributed by atoms with Crippen LogP contribution in [0.15, 0.2) is 36.4 Å². The number of rotatable bonds is 5. The van der Waals surface area contributed by atoms with E-state index in [0.717, 1.165) is 0 Å². The molecule has 1 aromatic carbocycles. The molecular formula is C14H19N3O5. The summed E-state index contributed by atoms with van der Waals surface area (Å²) in [4.78, 5) is 19.1. The summed E-state index contributed by atoms with van der Waals surface area (Å²) in [6.07, 6.45) is 1.22. The van der Waals surface area contributed by atoms with Gasteiger partial charge in [0.15, 0.2) is 5.96 Å². The van der Waals surface area contributed by atoms with Crippen molar-refractivity contribution in [2.75, 3.05) is 5.32 Å². The number of ether oxygens (including phenoxy) is 1. The lowest BCUT2D eigenvalue weighted by Crippen LogP contribution is -2.21. The minimum absolute atomic E-state index is 0.0928. The van der Waals surface area contributed by atoms with E-state index in [1.165, 1.54) is 0 Å². The minimum atomic E-state index is -1.26. The number of nitrogens with one attached hydrogen (secondary N) is 2. The Morgan fingerprint density at radius 3 is 2.14 bits per heavy atom. The second-order valence-corrected chi connectivity index (χ2v) is 4.21. The van der Waals surface area contributed by atoms with Crippen LogP contribution in [0, 0.1) is 5.41 Å². The molecule has 22 heavy (non-hydrogen) atoms. The first kappa shape index (κ1) is 19.0. The van der Waals surface area contributed by atoms with E-state index < -0.39 is 11.9 Å². The number of nitrogens with two attached hydrogens (primary N) is 1. The van der Waals surface area contributed by atoms with Crippen molar-refractivity contribution >= 4 is 23.6 Å². The van der Waals surface area contributed by atoms with Gasteiger partial charge in [0.25, 0.3) is 0 Å². The van der Waals surface area contributed by atoms with Gasteiger partial charge >= 0.3 is 11.9 Å². The lowest BCUT2D eigenvalue weighted by molar-refractivity contribution is -0.134. The summed E-state index contributed by atoms with van der Waals surface area (Å²) < 4.78 is 5.53. The summed E-state index contributed by atoms with van der Waals surface area (Å²) in [6.45, 7) is 3.90. The summed E-state index contributed by atoms with van der Waals surface area (Å²) in [5.74, 6) is -1.90. The zero-order chi connectivity index (χ0) is 17.1. The molecular weight excluding hydrogens is 290 g/mol. The minimum Gasteiger partial charge on any atom is -0.489 e. The van der Waals surface area contributed by atoms with Crippen LogP contribution in [-0.4, -0.2) is 34.2 Å². The summed E-state index contributed by atoms with van der Waals surface area (Å²) in [5, 5.41) is 25.5. The average molecular weight is 309 g/mol. The van der Waals surface area contributed by atoms with Gasteiger partial charge in [-0.1, -0.05) is 12.1 Å². The Morgan fingerprint density at radius 1 is 1.23 bits per heavy atom. The normalized spacial score (nSPS) is 9.77. The first-order valence-electron chi connectivity index (χ1n) is 6.23. The van der Waals surface area contributed by atoms with Crippen LogP contribution in [0.3, 0.4) is 0 Å². The lowest BCUT2D eigenvalue weighted by atomic mass is 10.3. The number of guanidine groups is 1. The summed E-state index contributed by atoms with van der Waals surface area (Å²) in [6, 6.07) is 7.39. The number of hydrogen-bond donors (Lipinski definition) is 5. The first-order valence-corrected chi connectivity index (χ1v) is 6.23. The summed E-state index contributed by atoms with van der Waals surface area (Å²) in [5.41, 5.74) is 5.96. The monoisotopic (exact) mass is 309 g/mol. The predicted octanol–water partition coefficient (Wildman–Crippen LogP) is 1.49. The molecule has 0 radical (unpaired) electrons. The van der Waals surface area contributed by atoms with Crippen molar-refractivity contribution in [3.8, 4) is 5.75 Å². The highest BCUT2D eigenvalue weighted by molar-refractivity contribution is 5.91. The molecule has 8 heteroatoms. The van der Waals surface area contributed by atoms with Gasteiger partial charge in [0.2, 0.25) is 0 Å². The number of benzene rings is 1. The van der Waals surface area contributed by atoms with E-state index in [4.69, 9.17) is 26.1 Å². The molecule has 0 atom stereocenters. The zero-order valence-electron chi connectivity index (χ0n) is 12.2. The van der Waals surface area contributed by atoms with Crippen LogP contribution in [0.2, 0.25) is 0 Å². The topological polar surface area (TPSA) is 146 Å². The number of para-hydroxylation sites is 2. The molecule has 0 aromatic heterocycles. The van der Waals surface area contributed by atoms with Crippen molar-refractivity contribution in [2.45, 2.75) is 20.0 Å². The Labute approximate surface area is 127 Å². The maximum atomic E-state index is 9.55. The second-order valence-electron chi connectivity index (χ2n) is 4.21. The van der Waals surface area contributed by atoms with Crippen LogP contribution in [0.5, 0.6) is 5.75 Å². The van der Waals surface area contributed by atoms with E-state index in [9.17, 15) is 9.59 Å². The van der Waals surface area contributed by atoms with Crippen LogP contribution < -0.4 is 15.8 Å². The van der Waals surface area contributed by atoms with E-state index in [1.54, 1.807) is 0 Å². The van der Waals surface area contributed by atoms with Gasteiger partial charge in [-0.15, -0.1) is 0 Å². The van der Waals surface area contributed by atoms with Crippen LogP contribution in [-0.2, 0) is 9.59 Å². The lowest BCUT2D eigenvalue weighted by Gasteiger charge is -2.14. The third kappa shape index (κ3) is 9.84. The molecule has 0 fully saturated rings. The molecule has 0 heterocycles. The van der Waals surface area contributed by atoms with Gasteiger partial charge in [-0.05, 0) is 26.0 Å².